The van der Waals surface area contributed by atoms with E-state index in [1.807, 2.05) is 6.07 Å². The van der Waals surface area contributed by atoms with Gasteiger partial charge in [-0.05, 0) is 19.4 Å². The highest BCUT2D eigenvalue weighted by Gasteiger charge is 1.95. The summed E-state index contributed by atoms with van der Waals surface area (Å²) in [6.07, 6.45) is 22.8. The maximum Gasteiger partial charge on any atom is 0.0947 e. The van der Waals surface area contributed by atoms with Crippen molar-refractivity contribution in [3.63, 3.8) is 0 Å². The molecule has 0 saturated carbocycles. The fraction of sp³-hybridized carbons (Fsp3) is 0.857. The Kier molecular flexibility index (Phi) is 17.6. The molecule has 0 aromatic rings. The molecule has 0 aromatic heterocycles. The van der Waals surface area contributed by atoms with Crippen molar-refractivity contribution in [3.05, 3.63) is 12.2 Å². The van der Waals surface area contributed by atoms with Crippen molar-refractivity contribution >= 4 is 0 Å². The second-order valence-electron chi connectivity index (χ2n) is 6.69. The SMILES string of the molecule is [CH]=C(C#N)CCCCCCCCCCCCCCCCCC. The van der Waals surface area contributed by atoms with Crippen LogP contribution in [0.1, 0.15) is 116 Å². The van der Waals surface area contributed by atoms with E-state index in [9.17, 15) is 0 Å². The molecular weight excluding hydrogens is 266 g/mol. The zero-order valence-electron chi connectivity index (χ0n) is 15.0. The number of nitriles is 1. The van der Waals surface area contributed by atoms with Crippen LogP contribution in [0.25, 0.3) is 0 Å². The molecule has 0 saturated heterocycles. The van der Waals surface area contributed by atoms with Crippen molar-refractivity contribution in [2.45, 2.75) is 116 Å². The smallest absolute Gasteiger partial charge is 0.0947 e. The number of hydrogen-bond donors (Lipinski definition) is 0. The molecular formula is C21H38N. The van der Waals surface area contributed by atoms with Crippen LogP contribution in [0.3, 0.4) is 0 Å². The molecule has 1 heteroatoms. The number of hydrogen-bond acceptors (Lipinski definition) is 1. The lowest BCUT2D eigenvalue weighted by molar-refractivity contribution is 0.529. The molecule has 0 unspecified atom stereocenters. The molecule has 0 aromatic carbocycles. The Bertz CT molecular complexity index is 274. The van der Waals surface area contributed by atoms with Gasteiger partial charge >= 0.3 is 0 Å². The van der Waals surface area contributed by atoms with Gasteiger partial charge in [0.15, 0.2) is 0 Å². The summed E-state index contributed by atoms with van der Waals surface area (Å²) in [5.41, 5.74) is 0.491. The van der Waals surface area contributed by atoms with Gasteiger partial charge in [-0.2, -0.15) is 5.26 Å². The Labute approximate surface area is 140 Å². The maximum atomic E-state index is 8.55. The monoisotopic (exact) mass is 304 g/mol. The van der Waals surface area contributed by atoms with Crippen LogP contribution in [0.15, 0.2) is 5.57 Å². The zero-order chi connectivity index (χ0) is 16.3. The molecule has 0 heterocycles. The van der Waals surface area contributed by atoms with E-state index in [1.165, 1.54) is 96.3 Å². The predicted octanol–water partition coefficient (Wildman–Crippen LogP) is 7.52. The van der Waals surface area contributed by atoms with Crippen molar-refractivity contribution in [2.24, 2.45) is 0 Å². The predicted molar refractivity (Wildman–Crippen MR) is 97.6 cm³/mol. The Morgan fingerprint density at radius 2 is 0.955 bits per heavy atom. The van der Waals surface area contributed by atoms with E-state index in [4.69, 9.17) is 11.8 Å². The number of nitrogens with zero attached hydrogens (tertiary/aromatic N) is 1. The van der Waals surface area contributed by atoms with Crippen LogP contribution in [-0.2, 0) is 0 Å². The van der Waals surface area contributed by atoms with Crippen molar-refractivity contribution < 1.29 is 0 Å². The van der Waals surface area contributed by atoms with Gasteiger partial charge in [0.05, 0.1) is 6.07 Å². The fourth-order valence-corrected chi connectivity index (χ4v) is 2.92. The summed E-state index contributed by atoms with van der Waals surface area (Å²) in [7, 11) is 0. The molecule has 0 rings (SSSR count). The summed E-state index contributed by atoms with van der Waals surface area (Å²) in [5, 5.41) is 8.55. The van der Waals surface area contributed by atoms with Crippen LogP contribution < -0.4 is 0 Å². The van der Waals surface area contributed by atoms with E-state index >= 15 is 0 Å². The quantitative estimate of drug-likeness (QED) is 0.201. The lowest BCUT2D eigenvalue weighted by Crippen LogP contribution is -1.84. The fourth-order valence-electron chi connectivity index (χ4n) is 2.92. The first-order chi connectivity index (χ1) is 10.8. The van der Waals surface area contributed by atoms with Gasteiger partial charge in [0.1, 0.15) is 0 Å². The molecule has 0 aliphatic carbocycles. The first-order valence-corrected chi connectivity index (χ1v) is 9.82. The van der Waals surface area contributed by atoms with Gasteiger partial charge in [0.2, 0.25) is 0 Å². The number of allylic oxidation sites excluding steroid dienone is 1. The van der Waals surface area contributed by atoms with Crippen LogP contribution >= 0.6 is 0 Å². The standard InChI is InChI=1S/C21H38N/c1-3-4-5-6-7-8-9-10-11-12-13-14-15-16-17-18-19-21(2)20-22/h2H,3-19H2,1H3. The molecule has 0 atom stereocenters. The zero-order valence-corrected chi connectivity index (χ0v) is 15.0. The van der Waals surface area contributed by atoms with Gasteiger partial charge in [0, 0.05) is 5.57 Å². The molecule has 0 bridgehead atoms. The average Bonchev–Trinajstić information content (AvgIpc) is 2.54. The highest BCUT2D eigenvalue weighted by molar-refractivity contribution is 5.12. The van der Waals surface area contributed by atoms with Gasteiger partial charge in [0.25, 0.3) is 0 Å². The largest absolute Gasteiger partial charge is 0.193 e. The molecule has 0 amide bonds. The van der Waals surface area contributed by atoms with E-state index in [1.54, 1.807) is 0 Å². The van der Waals surface area contributed by atoms with E-state index in [-0.39, 0.29) is 0 Å². The molecule has 22 heavy (non-hydrogen) atoms. The third kappa shape index (κ3) is 17.3. The minimum absolute atomic E-state index is 0.491. The summed E-state index contributed by atoms with van der Waals surface area (Å²) < 4.78 is 0. The van der Waals surface area contributed by atoms with Gasteiger partial charge in [-0.15, -0.1) is 0 Å². The second-order valence-corrected chi connectivity index (χ2v) is 6.69. The molecule has 0 N–H and O–H groups in total. The minimum Gasteiger partial charge on any atom is -0.193 e. The van der Waals surface area contributed by atoms with Gasteiger partial charge in [-0.1, -0.05) is 103 Å². The van der Waals surface area contributed by atoms with Crippen LogP contribution in [0, 0.1) is 17.9 Å². The van der Waals surface area contributed by atoms with Gasteiger partial charge in [-0.3, -0.25) is 0 Å². The van der Waals surface area contributed by atoms with E-state index in [0.717, 1.165) is 12.8 Å². The number of rotatable bonds is 17. The summed E-state index contributed by atoms with van der Waals surface area (Å²) >= 11 is 0. The van der Waals surface area contributed by atoms with E-state index < -0.39 is 0 Å². The minimum atomic E-state index is 0.491. The normalized spacial score (nSPS) is 10.5. The topological polar surface area (TPSA) is 23.8 Å². The summed E-state index contributed by atoms with van der Waals surface area (Å²) in [6, 6.07) is 2.01. The molecule has 0 aliphatic heterocycles. The van der Waals surface area contributed by atoms with Crippen LogP contribution in [-0.4, -0.2) is 0 Å². The van der Waals surface area contributed by atoms with Gasteiger partial charge < -0.3 is 0 Å². The first-order valence-electron chi connectivity index (χ1n) is 9.82. The lowest BCUT2D eigenvalue weighted by atomic mass is 10.0. The number of unbranched alkanes of at least 4 members (excludes halogenated alkanes) is 15. The Balaban J connectivity index is 3.00. The highest BCUT2D eigenvalue weighted by Crippen LogP contribution is 2.14. The van der Waals surface area contributed by atoms with Crippen molar-refractivity contribution in [3.8, 4) is 6.07 Å². The van der Waals surface area contributed by atoms with E-state index in [0.29, 0.717) is 5.57 Å². The third-order valence-corrected chi connectivity index (χ3v) is 4.44. The summed E-state index contributed by atoms with van der Waals surface area (Å²) in [6.45, 7) is 7.77. The second kappa shape index (κ2) is 18.3. The van der Waals surface area contributed by atoms with E-state index in [2.05, 4.69) is 6.92 Å². The van der Waals surface area contributed by atoms with Crippen LogP contribution in [0.5, 0.6) is 0 Å². The molecule has 127 valence electrons. The molecule has 1 radical (unpaired) electrons. The van der Waals surface area contributed by atoms with Gasteiger partial charge in [-0.25, -0.2) is 0 Å². The lowest BCUT2D eigenvalue weighted by Gasteiger charge is -2.03. The molecule has 0 spiro atoms. The highest BCUT2D eigenvalue weighted by atomic mass is 14.2. The first kappa shape index (κ1) is 21.2. The Hall–Kier alpha value is -0.770. The molecule has 1 nitrogen and oxygen atoms in total. The van der Waals surface area contributed by atoms with Crippen LogP contribution in [0.4, 0.5) is 0 Å². The summed E-state index contributed by atoms with van der Waals surface area (Å²) in [4.78, 5) is 0. The third-order valence-electron chi connectivity index (χ3n) is 4.44. The summed E-state index contributed by atoms with van der Waals surface area (Å²) in [5.74, 6) is 0. The Morgan fingerprint density at radius 1 is 0.636 bits per heavy atom. The average molecular weight is 305 g/mol. The van der Waals surface area contributed by atoms with Crippen molar-refractivity contribution in [1.82, 2.24) is 0 Å². The Morgan fingerprint density at radius 3 is 1.27 bits per heavy atom. The van der Waals surface area contributed by atoms with Crippen LogP contribution in [0.2, 0.25) is 0 Å². The maximum absolute atomic E-state index is 8.55. The van der Waals surface area contributed by atoms with Crippen molar-refractivity contribution in [1.29, 1.82) is 5.26 Å². The van der Waals surface area contributed by atoms with Crippen molar-refractivity contribution in [2.75, 3.05) is 0 Å². The molecule has 0 fully saturated rings. The molecule has 0 aliphatic rings.